The Morgan fingerprint density at radius 2 is 1.94 bits per heavy atom. The van der Waals surface area contributed by atoms with E-state index in [0.29, 0.717) is 16.8 Å². The minimum absolute atomic E-state index is 0. The third-order valence-electron chi connectivity index (χ3n) is 2.38. The molecule has 0 aliphatic rings. The fourth-order valence-corrected chi connectivity index (χ4v) is 1.80. The van der Waals surface area contributed by atoms with Crippen molar-refractivity contribution in [2.75, 3.05) is 12.8 Å². The zero-order chi connectivity index (χ0) is 12.3. The van der Waals surface area contributed by atoms with Crippen molar-refractivity contribution in [2.45, 2.75) is 6.42 Å². The van der Waals surface area contributed by atoms with E-state index in [9.17, 15) is 0 Å². The smallest absolute Gasteiger partial charge is 0.145 e. The van der Waals surface area contributed by atoms with Gasteiger partial charge in [-0.3, -0.25) is 0 Å². The number of nitrogen functional groups attached to an aromatic ring is 1. The van der Waals surface area contributed by atoms with Crippen molar-refractivity contribution in [3.05, 3.63) is 46.3 Å². The van der Waals surface area contributed by atoms with Gasteiger partial charge >= 0.3 is 0 Å². The first-order valence-corrected chi connectivity index (χ1v) is 5.88. The average molecular weight is 311 g/mol. The topological polar surface area (TPSA) is 96.0 Å². The Kier molecular flexibility index (Phi) is 5.06. The van der Waals surface area contributed by atoms with Gasteiger partial charge in [0.15, 0.2) is 0 Å². The summed E-state index contributed by atoms with van der Waals surface area (Å²) < 4.78 is 5.79. The highest BCUT2D eigenvalue weighted by molar-refractivity contribution is 9.10. The van der Waals surface area contributed by atoms with Crippen LogP contribution in [0.1, 0.15) is 11.3 Å². The maximum Gasteiger partial charge on any atom is 0.145 e. The van der Waals surface area contributed by atoms with Crippen molar-refractivity contribution in [3.8, 4) is 5.75 Å². The summed E-state index contributed by atoms with van der Waals surface area (Å²) in [4.78, 5) is 8.36. The molecule has 0 spiro atoms. The maximum absolute atomic E-state index is 5.77. The number of nitrogens with zero attached hydrogens (tertiary/aromatic N) is 2. The number of hydrogen-bond donors (Lipinski definition) is 2. The fourth-order valence-electron chi connectivity index (χ4n) is 1.48. The van der Waals surface area contributed by atoms with E-state index in [4.69, 9.17) is 10.5 Å². The molecule has 96 valence electrons. The zero-order valence-corrected chi connectivity index (χ0v) is 11.6. The summed E-state index contributed by atoms with van der Waals surface area (Å²) in [5.41, 5.74) is 7.66. The van der Waals surface area contributed by atoms with Crippen molar-refractivity contribution in [3.63, 3.8) is 0 Å². The lowest BCUT2D eigenvalue weighted by atomic mass is 10.1. The lowest BCUT2D eigenvalue weighted by Gasteiger charge is -2.05. The molecule has 18 heavy (non-hydrogen) atoms. The minimum atomic E-state index is 0. The fraction of sp³-hybridized carbons (Fsp3) is 0.167. The van der Waals surface area contributed by atoms with E-state index < -0.39 is 0 Å². The first-order valence-electron chi connectivity index (χ1n) is 5.09. The van der Waals surface area contributed by atoms with E-state index >= 15 is 0 Å². The Bertz CT molecular complexity index is 516. The molecule has 1 aromatic carbocycles. The molecule has 1 heterocycles. The van der Waals surface area contributed by atoms with Crippen LogP contribution in [0.25, 0.3) is 0 Å². The van der Waals surface area contributed by atoms with Gasteiger partial charge in [-0.1, -0.05) is 12.1 Å². The number of rotatable bonds is 3. The van der Waals surface area contributed by atoms with Crippen LogP contribution in [0.15, 0.2) is 35.1 Å². The van der Waals surface area contributed by atoms with E-state index in [1.54, 1.807) is 13.3 Å². The van der Waals surface area contributed by atoms with Crippen LogP contribution in [-0.4, -0.2) is 17.1 Å². The second-order valence-corrected chi connectivity index (χ2v) is 4.36. The highest BCUT2D eigenvalue weighted by Gasteiger charge is 2.05. The molecule has 0 saturated heterocycles. The van der Waals surface area contributed by atoms with Crippen LogP contribution in [0.4, 0.5) is 5.82 Å². The van der Waals surface area contributed by atoms with Gasteiger partial charge in [0.1, 0.15) is 16.2 Å². The van der Waals surface area contributed by atoms with E-state index in [0.717, 1.165) is 17.0 Å². The van der Waals surface area contributed by atoms with Crippen LogP contribution < -0.4 is 16.6 Å². The summed E-state index contributed by atoms with van der Waals surface area (Å²) in [6.45, 7) is 0. The molecular formula is C12H15BrN4O. The molecule has 0 radical (unpaired) electrons. The second kappa shape index (κ2) is 6.32. The second-order valence-electron chi connectivity index (χ2n) is 3.55. The zero-order valence-electron chi connectivity index (χ0n) is 10.1. The van der Waals surface area contributed by atoms with Crippen molar-refractivity contribution in [1.29, 1.82) is 0 Å². The van der Waals surface area contributed by atoms with Crippen LogP contribution in [0.5, 0.6) is 5.75 Å². The number of aromatic nitrogens is 2. The molecular weight excluding hydrogens is 296 g/mol. The predicted molar refractivity (Wildman–Crippen MR) is 75.0 cm³/mol. The first kappa shape index (κ1) is 14.4. The molecule has 1 aromatic heterocycles. The average Bonchev–Trinajstić information content (AvgIpc) is 2.35. The van der Waals surface area contributed by atoms with Gasteiger partial charge in [0.25, 0.3) is 0 Å². The summed E-state index contributed by atoms with van der Waals surface area (Å²) >= 11 is 3.28. The van der Waals surface area contributed by atoms with Crippen LogP contribution in [0, 0.1) is 0 Å². The Balaban J connectivity index is 0.00000162. The normalized spacial score (nSPS) is 9.67. The van der Waals surface area contributed by atoms with Gasteiger partial charge in [0.05, 0.1) is 19.0 Å². The number of nitrogens with two attached hydrogens (primary N) is 1. The summed E-state index contributed by atoms with van der Waals surface area (Å²) in [5, 5.41) is 0. The Morgan fingerprint density at radius 3 is 2.56 bits per heavy atom. The van der Waals surface area contributed by atoms with Crippen molar-refractivity contribution in [2.24, 2.45) is 0 Å². The summed E-state index contributed by atoms with van der Waals surface area (Å²) in [6, 6.07) is 7.80. The molecule has 0 fully saturated rings. The van der Waals surface area contributed by atoms with Gasteiger partial charge in [-0.15, -0.1) is 0 Å². The molecule has 0 aliphatic carbocycles. The van der Waals surface area contributed by atoms with Gasteiger partial charge in [-0.05, 0) is 33.6 Å². The van der Waals surface area contributed by atoms with Gasteiger partial charge in [-0.25, -0.2) is 9.97 Å². The highest BCUT2D eigenvalue weighted by Crippen LogP contribution is 2.17. The third-order valence-corrected chi connectivity index (χ3v) is 2.76. The molecule has 0 aliphatic heterocycles. The number of benzene rings is 1. The Labute approximate surface area is 114 Å². The monoisotopic (exact) mass is 310 g/mol. The lowest BCUT2D eigenvalue weighted by Crippen LogP contribution is -2.02. The van der Waals surface area contributed by atoms with E-state index in [2.05, 4.69) is 25.9 Å². The summed E-state index contributed by atoms with van der Waals surface area (Å²) in [6.07, 6.45) is 2.25. The van der Waals surface area contributed by atoms with Crippen LogP contribution in [-0.2, 0) is 6.42 Å². The first-order chi connectivity index (χ1) is 8.19. The van der Waals surface area contributed by atoms with Gasteiger partial charge in [0, 0.05) is 6.42 Å². The quantitative estimate of drug-likeness (QED) is 0.908. The molecule has 5 N–H and O–H groups in total. The van der Waals surface area contributed by atoms with Crippen LogP contribution in [0.3, 0.4) is 0 Å². The summed E-state index contributed by atoms with van der Waals surface area (Å²) in [5.74, 6) is 1.30. The highest BCUT2D eigenvalue weighted by atomic mass is 79.9. The maximum atomic E-state index is 5.77. The number of halogens is 1. The molecule has 0 saturated carbocycles. The summed E-state index contributed by atoms with van der Waals surface area (Å²) in [7, 11) is 1.65. The molecule has 2 aromatic rings. The molecule has 6 heteroatoms. The van der Waals surface area contributed by atoms with E-state index in [1.807, 2.05) is 24.3 Å². The largest absolute Gasteiger partial charge is 0.497 e. The number of methoxy groups -OCH3 is 1. The minimum Gasteiger partial charge on any atom is -0.497 e. The number of ether oxygens (including phenoxy) is 1. The van der Waals surface area contributed by atoms with Crippen molar-refractivity contribution < 1.29 is 4.74 Å². The molecule has 0 unspecified atom stereocenters. The lowest BCUT2D eigenvalue weighted by molar-refractivity contribution is 0.414. The van der Waals surface area contributed by atoms with Gasteiger partial charge in [-0.2, -0.15) is 0 Å². The third kappa shape index (κ3) is 3.41. The number of anilines is 1. The standard InChI is InChI=1S/C12H12BrN3O.H3N/c1-17-9-4-2-8(3-5-9)6-10-12(14)15-7-11(13)16-10;/h2-5,7H,6H2,1H3,(H2,14,15);1H3. The van der Waals surface area contributed by atoms with Crippen molar-refractivity contribution >= 4 is 21.7 Å². The van der Waals surface area contributed by atoms with Crippen LogP contribution >= 0.6 is 15.9 Å². The Morgan fingerprint density at radius 1 is 1.28 bits per heavy atom. The Hall–Kier alpha value is -1.66. The number of hydrogen-bond acceptors (Lipinski definition) is 5. The molecule has 0 atom stereocenters. The molecule has 5 nitrogen and oxygen atoms in total. The molecule has 0 amide bonds. The van der Waals surface area contributed by atoms with Crippen LogP contribution in [0.2, 0.25) is 0 Å². The van der Waals surface area contributed by atoms with Gasteiger partial charge < -0.3 is 16.6 Å². The van der Waals surface area contributed by atoms with E-state index in [1.165, 1.54) is 0 Å². The van der Waals surface area contributed by atoms with Gasteiger partial charge in [0.2, 0.25) is 0 Å². The molecule has 2 rings (SSSR count). The van der Waals surface area contributed by atoms with E-state index in [-0.39, 0.29) is 6.15 Å². The van der Waals surface area contributed by atoms with Crippen molar-refractivity contribution in [1.82, 2.24) is 16.1 Å². The predicted octanol–water partition coefficient (Wildman–Crippen LogP) is 2.58. The molecule has 0 bridgehead atoms. The SMILES string of the molecule is COc1ccc(Cc2nc(Br)cnc2N)cc1.N.